The van der Waals surface area contributed by atoms with E-state index in [0.717, 1.165) is 11.3 Å². The number of nitrogens with one attached hydrogen (secondary N) is 2. The van der Waals surface area contributed by atoms with Gasteiger partial charge in [0.1, 0.15) is 5.75 Å². The molecule has 0 bridgehead atoms. The molecule has 0 saturated carbocycles. The number of rotatable bonds is 7. The van der Waals surface area contributed by atoms with Crippen molar-refractivity contribution in [3.05, 3.63) is 64.2 Å². The van der Waals surface area contributed by atoms with Gasteiger partial charge in [-0.15, -0.1) is 0 Å². The van der Waals surface area contributed by atoms with Crippen molar-refractivity contribution in [2.24, 2.45) is 0 Å². The lowest BCUT2D eigenvalue weighted by Crippen LogP contribution is -2.36. The number of non-ortho nitro benzene ring substituents is 1. The van der Waals surface area contributed by atoms with E-state index in [0.29, 0.717) is 12.2 Å². The number of anilines is 1. The van der Waals surface area contributed by atoms with Gasteiger partial charge < -0.3 is 20.3 Å². The summed E-state index contributed by atoms with van der Waals surface area (Å²) in [6, 6.07) is 13.0. The normalized spacial score (nSPS) is 11.7. The van der Waals surface area contributed by atoms with E-state index < -0.39 is 4.92 Å². The first kappa shape index (κ1) is 19.2. The molecular weight excluding hydrogens is 336 g/mol. The van der Waals surface area contributed by atoms with E-state index in [1.54, 1.807) is 7.11 Å². The van der Waals surface area contributed by atoms with Crippen LogP contribution >= 0.6 is 0 Å². The van der Waals surface area contributed by atoms with Crippen LogP contribution in [0, 0.1) is 10.1 Å². The largest absolute Gasteiger partial charge is 0.497 e. The average molecular weight is 358 g/mol. The minimum Gasteiger partial charge on any atom is -0.497 e. The lowest BCUT2D eigenvalue weighted by Gasteiger charge is -2.25. The predicted molar refractivity (Wildman–Crippen MR) is 99.5 cm³/mol. The van der Waals surface area contributed by atoms with Crippen molar-refractivity contribution >= 4 is 17.4 Å². The van der Waals surface area contributed by atoms with Gasteiger partial charge in [0.25, 0.3) is 5.69 Å². The van der Waals surface area contributed by atoms with E-state index in [2.05, 4.69) is 10.6 Å². The molecule has 0 aliphatic rings. The Kier molecular flexibility index (Phi) is 6.51. The van der Waals surface area contributed by atoms with Gasteiger partial charge in [0.2, 0.25) is 0 Å². The van der Waals surface area contributed by atoms with Crippen LogP contribution in [0.15, 0.2) is 48.5 Å². The monoisotopic (exact) mass is 358 g/mol. The lowest BCUT2D eigenvalue weighted by atomic mass is 10.1. The van der Waals surface area contributed by atoms with Gasteiger partial charge in [-0.25, -0.2) is 4.79 Å². The van der Waals surface area contributed by atoms with Crippen LogP contribution in [0.5, 0.6) is 5.75 Å². The molecule has 8 heteroatoms. The van der Waals surface area contributed by atoms with Gasteiger partial charge in [0.15, 0.2) is 0 Å². The molecule has 26 heavy (non-hydrogen) atoms. The highest BCUT2D eigenvalue weighted by atomic mass is 16.6. The predicted octanol–water partition coefficient (Wildman–Crippen LogP) is 3.03. The lowest BCUT2D eigenvalue weighted by molar-refractivity contribution is -0.384. The maximum Gasteiger partial charge on any atom is 0.319 e. The summed E-state index contributed by atoms with van der Waals surface area (Å²) >= 11 is 0. The Balaban J connectivity index is 1.95. The van der Waals surface area contributed by atoms with Crippen LogP contribution < -0.4 is 15.4 Å². The Morgan fingerprint density at radius 3 is 2.27 bits per heavy atom. The summed E-state index contributed by atoms with van der Waals surface area (Å²) in [6.07, 6.45) is 0. The molecule has 0 radical (unpaired) electrons. The van der Waals surface area contributed by atoms with Crippen molar-refractivity contribution in [1.29, 1.82) is 0 Å². The van der Waals surface area contributed by atoms with Gasteiger partial charge in [-0.1, -0.05) is 12.1 Å². The number of methoxy groups -OCH3 is 1. The summed E-state index contributed by atoms with van der Waals surface area (Å²) in [5.41, 5.74) is 1.51. The quantitative estimate of drug-likeness (QED) is 0.586. The molecule has 8 nitrogen and oxygen atoms in total. The Hall–Kier alpha value is -3.13. The molecule has 2 aromatic carbocycles. The SMILES string of the molecule is COc1ccc(C(CNC(=O)Nc2ccc([N+](=O)[O-])cc2)N(C)C)cc1. The van der Waals surface area contributed by atoms with Crippen LogP contribution in [-0.4, -0.2) is 43.6 Å². The third-order valence-corrected chi connectivity index (χ3v) is 3.92. The summed E-state index contributed by atoms with van der Waals surface area (Å²) < 4.78 is 5.16. The summed E-state index contributed by atoms with van der Waals surface area (Å²) in [6.45, 7) is 0.401. The molecule has 2 aromatic rings. The molecule has 0 saturated heterocycles. The van der Waals surface area contributed by atoms with Crippen molar-refractivity contribution in [2.45, 2.75) is 6.04 Å². The van der Waals surface area contributed by atoms with Gasteiger partial charge in [0.05, 0.1) is 18.1 Å². The first-order valence-electron chi connectivity index (χ1n) is 8.00. The first-order chi connectivity index (χ1) is 12.4. The van der Waals surface area contributed by atoms with Crippen LogP contribution in [-0.2, 0) is 0 Å². The van der Waals surface area contributed by atoms with Crippen LogP contribution in [0.2, 0.25) is 0 Å². The summed E-state index contributed by atoms with van der Waals surface area (Å²) in [5.74, 6) is 0.773. The van der Waals surface area contributed by atoms with E-state index in [-0.39, 0.29) is 17.8 Å². The molecule has 2 amide bonds. The van der Waals surface area contributed by atoms with Gasteiger partial charge in [-0.05, 0) is 43.9 Å². The van der Waals surface area contributed by atoms with Crippen LogP contribution in [0.1, 0.15) is 11.6 Å². The zero-order chi connectivity index (χ0) is 19.1. The fraction of sp³-hybridized carbons (Fsp3) is 0.278. The molecule has 0 spiro atoms. The molecule has 1 unspecified atom stereocenters. The number of carbonyl (C=O) groups is 1. The van der Waals surface area contributed by atoms with Crippen LogP contribution in [0.25, 0.3) is 0 Å². The van der Waals surface area contributed by atoms with Crippen molar-refractivity contribution < 1.29 is 14.5 Å². The van der Waals surface area contributed by atoms with Gasteiger partial charge in [-0.3, -0.25) is 10.1 Å². The van der Waals surface area contributed by atoms with Crippen LogP contribution in [0.4, 0.5) is 16.2 Å². The third-order valence-electron chi connectivity index (χ3n) is 3.92. The second kappa shape index (κ2) is 8.82. The highest BCUT2D eigenvalue weighted by molar-refractivity contribution is 5.89. The number of amides is 2. The number of nitro groups is 1. The molecule has 138 valence electrons. The molecule has 0 aromatic heterocycles. The maximum atomic E-state index is 12.1. The summed E-state index contributed by atoms with van der Waals surface area (Å²) in [4.78, 5) is 24.3. The van der Waals surface area contributed by atoms with E-state index in [1.807, 2.05) is 43.3 Å². The number of urea groups is 1. The van der Waals surface area contributed by atoms with Gasteiger partial charge in [-0.2, -0.15) is 0 Å². The molecule has 2 rings (SSSR count). The Morgan fingerprint density at radius 2 is 1.77 bits per heavy atom. The van der Waals surface area contributed by atoms with E-state index in [1.165, 1.54) is 24.3 Å². The number of carbonyl (C=O) groups excluding carboxylic acids is 1. The average Bonchev–Trinajstić information content (AvgIpc) is 2.62. The molecule has 0 aliphatic carbocycles. The standard InChI is InChI=1S/C18H22N4O4/c1-21(2)17(13-4-10-16(26-3)11-5-13)12-19-18(23)20-14-6-8-15(9-7-14)22(24)25/h4-11,17H,12H2,1-3H3,(H2,19,20,23). The first-order valence-corrected chi connectivity index (χ1v) is 8.00. The topological polar surface area (TPSA) is 96.7 Å². The summed E-state index contributed by atoms with van der Waals surface area (Å²) in [5, 5.41) is 16.1. The highest BCUT2D eigenvalue weighted by Gasteiger charge is 2.15. The van der Waals surface area contributed by atoms with Gasteiger partial charge in [0, 0.05) is 24.4 Å². The fourth-order valence-corrected chi connectivity index (χ4v) is 2.46. The minimum atomic E-state index is -0.486. The maximum absolute atomic E-state index is 12.1. The Bertz CT molecular complexity index is 745. The van der Waals surface area contributed by atoms with Crippen molar-refractivity contribution in [3.8, 4) is 5.75 Å². The molecule has 2 N–H and O–H groups in total. The van der Waals surface area contributed by atoms with E-state index in [4.69, 9.17) is 4.74 Å². The van der Waals surface area contributed by atoms with E-state index >= 15 is 0 Å². The second-order valence-corrected chi connectivity index (χ2v) is 5.89. The number of likely N-dealkylation sites (N-methyl/N-ethyl adjacent to an activating group) is 1. The van der Waals surface area contributed by atoms with E-state index in [9.17, 15) is 14.9 Å². The number of hydrogen-bond donors (Lipinski definition) is 2. The molecular formula is C18H22N4O4. The number of hydrogen-bond acceptors (Lipinski definition) is 5. The number of nitro benzene ring substituents is 1. The van der Waals surface area contributed by atoms with Crippen molar-refractivity contribution in [1.82, 2.24) is 10.2 Å². The Morgan fingerprint density at radius 1 is 1.15 bits per heavy atom. The molecule has 1 atom stereocenters. The minimum absolute atomic E-state index is 0.0106. The van der Waals surface area contributed by atoms with Gasteiger partial charge >= 0.3 is 6.03 Å². The third kappa shape index (κ3) is 5.18. The molecule has 0 heterocycles. The molecule has 0 fully saturated rings. The van der Waals surface area contributed by atoms with Crippen molar-refractivity contribution in [3.63, 3.8) is 0 Å². The zero-order valence-electron chi connectivity index (χ0n) is 14.9. The fourth-order valence-electron chi connectivity index (χ4n) is 2.46. The number of nitrogens with zero attached hydrogens (tertiary/aromatic N) is 2. The highest BCUT2D eigenvalue weighted by Crippen LogP contribution is 2.21. The Labute approximate surface area is 151 Å². The number of benzene rings is 2. The zero-order valence-corrected chi connectivity index (χ0v) is 14.9. The second-order valence-electron chi connectivity index (χ2n) is 5.89. The summed E-state index contributed by atoms with van der Waals surface area (Å²) in [7, 11) is 5.48. The van der Waals surface area contributed by atoms with Crippen LogP contribution in [0.3, 0.4) is 0 Å². The molecule has 0 aliphatic heterocycles. The number of ether oxygens (including phenoxy) is 1. The smallest absolute Gasteiger partial charge is 0.319 e. The van der Waals surface area contributed by atoms with Crippen molar-refractivity contribution in [2.75, 3.05) is 33.1 Å².